The number of methoxy groups -OCH3 is 1. The molecule has 2 aromatic rings. The zero-order chi connectivity index (χ0) is 24.2. The molecule has 0 amide bonds. The highest BCUT2D eigenvalue weighted by Crippen LogP contribution is 2.29. The van der Waals surface area contributed by atoms with Gasteiger partial charge in [0.25, 0.3) is 0 Å². The van der Waals surface area contributed by atoms with Crippen molar-refractivity contribution in [3.63, 3.8) is 0 Å². The van der Waals surface area contributed by atoms with Crippen LogP contribution >= 0.6 is 0 Å². The lowest BCUT2D eigenvalue weighted by Crippen LogP contribution is -2.44. The zero-order valence-corrected chi connectivity index (χ0v) is 20.5. The quantitative estimate of drug-likeness (QED) is 0.182. The van der Waals surface area contributed by atoms with Crippen molar-refractivity contribution in [2.75, 3.05) is 26.9 Å². The zero-order valence-electron chi connectivity index (χ0n) is 20.5. The number of esters is 1. The number of benzene rings is 2. The number of allylic oxidation sites excluding steroid dienone is 1. The number of aliphatic imine (C=N–C) groups is 1. The number of carbonyl (C=O) groups excluding carboxylic acids is 1. The van der Waals surface area contributed by atoms with E-state index in [2.05, 4.69) is 0 Å². The summed E-state index contributed by atoms with van der Waals surface area (Å²) >= 11 is 0. The lowest BCUT2D eigenvalue weighted by Gasteiger charge is -2.32. The van der Waals surface area contributed by atoms with Crippen LogP contribution in [0.15, 0.2) is 77.8 Å². The summed E-state index contributed by atoms with van der Waals surface area (Å²) in [6.45, 7) is 8.88. The first-order chi connectivity index (χ1) is 15.8. The van der Waals surface area contributed by atoms with E-state index >= 15 is 0 Å². The Morgan fingerprint density at radius 3 is 1.97 bits per heavy atom. The maximum absolute atomic E-state index is 13.7. The molecule has 0 saturated carbocycles. The van der Waals surface area contributed by atoms with E-state index < -0.39 is 11.1 Å². The average molecular weight is 452 g/mol. The largest absolute Gasteiger partial charge is 0.458 e. The maximum Gasteiger partial charge on any atom is 0.334 e. The first kappa shape index (κ1) is 26.5. The van der Waals surface area contributed by atoms with Crippen molar-refractivity contribution in [3.8, 4) is 0 Å². The predicted octanol–water partition coefficient (Wildman–Crippen LogP) is 5.62. The van der Waals surface area contributed by atoms with Gasteiger partial charge in [-0.1, -0.05) is 72.8 Å². The Morgan fingerprint density at radius 1 is 0.909 bits per heavy atom. The second-order valence-corrected chi connectivity index (χ2v) is 8.85. The van der Waals surface area contributed by atoms with Crippen LogP contribution < -0.4 is 0 Å². The van der Waals surface area contributed by atoms with Crippen LogP contribution in [-0.2, 0) is 19.0 Å². The van der Waals surface area contributed by atoms with E-state index in [1.54, 1.807) is 7.11 Å². The molecule has 33 heavy (non-hydrogen) atoms. The fourth-order valence-corrected chi connectivity index (χ4v) is 3.31. The standard InChI is InChI=1S/C28H37NO4/c1-6-7-18-28(19-20-32-22-21-31-5,26(30)33-27(2,3)4)29-25(23-14-10-8-11-15-23)24-16-12-9-13-17-24/h6-17H,18-22H2,1-5H3/b7-6+. The number of rotatable bonds is 12. The molecule has 0 aromatic heterocycles. The molecule has 0 aliphatic rings. The maximum atomic E-state index is 13.7. The van der Waals surface area contributed by atoms with E-state index in [1.165, 1.54) is 0 Å². The fourth-order valence-electron chi connectivity index (χ4n) is 3.31. The van der Waals surface area contributed by atoms with Gasteiger partial charge >= 0.3 is 5.97 Å². The van der Waals surface area contributed by atoms with Crippen molar-refractivity contribution < 1.29 is 19.0 Å². The van der Waals surface area contributed by atoms with Crippen LogP contribution in [0.5, 0.6) is 0 Å². The Kier molecular flexibility index (Phi) is 10.5. The first-order valence-electron chi connectivity index (χ1n) is 11.4. The van der Waals surface area contributed by atoms with Gasteiger partial charge in [0.1, 0.15) is 5.60 Å². The van der Waals surface area contributed by atoms with Gasteiger partial charge in [-0.15, -0.1) is 0 Å². The molecule has 0 fully saturated rings. The number of ether oxygens (including phenoxy) is 3. The molecule has 0 aliphatic carbocycles. The highest BCUT2D eigenvalue weighted by Gasteiger charge is 2.41. The Hall–Kier alpha value is -2.76. The van der Waals surface area contributed by atoms with E-state index in [0.717, 1.165) is 16.8 Å². The molecular weight excluding hydrogens is 414 g/mol. The third-order valence-corrected chi connectivity index (χ3v) is 4.98. The monoisotopic (exact) mass is 451 g/mol. The van der Waals surface area contributed by atoms with Crippen LogP contribution in [0.4, 0.5) is 0 Å². The van der Waals surface area contributed by atoms with E-state index in [9.17, 15) is 4.79 Å². The van der Waals surface area contributed by atoms with Crippen LogP contribution in [0.3, 0.4) is 0 Å². The van der Waals surface area contributed by atoms with Crippen LogP contribution in [0, 0.1) is 0 Å². The van der Waals surface area contributed by atoms with Crippen molar-refractivity contribution in [1.82, 2.24) is 0 Å². The van der Waals surface area contributed by atoms with Crippen molar-refractivity contribution in [2.45, 2.75) is 51.7 Å². The van der Waals surface area contributed by atoms with Gasteiger partial charge in [-0.2, -0.15) is 0 Å². The van der Waals surface area contributed by atoms with E-state index in [-0.39, 0.29) is 5.97 Å². The predicted molar refractivity (Wildman–Crippen MR) is 134 cm³/mol. The molecule has 2 rings (SSSR count). The highest BCUT2D eigenvalue weighted by molar-refractivity contribution is 6.13. The molecule has 0 heterocycles. The van der Waals surface area contributed by atoms with Crippen molar-refractivity contribution in [3.05, 3.63) is 83.9 Å². The van der Waals surface area contributed by atoms with Crippen LogP contribution in [-0.4, -0.2) is 49.8 Å². The second kappa shape index (κ2) is 13.1. The number of hydrogen-bond acceptors (Lipinski definition) is 5. The molecule has 5 heteroatoms. The SMILES string of the molecule is C/C=C/CC(CCOCCOC)(N=C(c1ccccc1)c1ccccc1)C(=O)OC(C)(C)C. The third-order valence-electron chi connectivity index (χ3n) is 4.98. The Balaban J connectivity index is 2.61. The summed E-state index contributed by atoms with van der Waals surface area (Å²) in [4.78, 5) is 18.8. The Bertz CT molecular complexity index is 859. The van der Waals surface area contributed by atoms with Gasteiger partial charge < -0.3 is 14.2 Å². The van der Waals surface area contributed by atoms with Crippen molar-refractivity contribution >= 4 is 11.7 Å². The minimum Gasteiger partial charge on any atom is -0.458 e. The molecule has 0 N–H and O–H groups in total. The highest BCUT2D eigenvalue weighted by atomic mass is 16.6. The molecule has 0 spiro atoms. The molecule has 0 saturated heterocycles. The molecule has 178 valence electrons. The van der Waals surface area contributed by atoms with Crippen LogP contribution in [0.25, 0.3) is 0 Å². The van der Waals surface area contributed by atoms with Gasteiger partial charge in [-0.05, 0) is 27.7 Å². The lowest BCUT2D eigenvalue weighted by molar-refractivity contribution is -0.162. The molecule has 5 nitrogen and oxygen atoms in total. The summed E-state index contributed by atoms with van der Waals surface area (Å²) in [5.41, 5.74) is 0.872. The van der Waals surface area contributed by atoms with Gasteiger partial charge in [0.05, 0.1) is 18.9 Å². The molecule has 0 bridgehead atoms. The lowest BCUT2D eigenvalue weighted by atomic mass is 9.90. The minimum absolute atomic E-state index is 0.354. The van der Waals surface area contributed by atoms with Crippen molar-refractivity contribution in [2.24, 2.45) is 4.99 Å². The van der Waals surface area contributed by atoms with E-state index in [0.29, 0.717) is 32.7 Å². The average Bonchev–Trinajstić information content (AvgIpc) is 2.80. The number of carbonyl (C=O) groups is 1. The van der Waals surface area contributed by atoms with E-state index in [1.807, 2.05) is 101 Å². The summed E-state index contributed by atoms with van der Waals surface area (Å²) in [7, 11) is 1.64. The molecule has 0 radical (unpaired) electrons. The summed E-state index contributed by atoms with van der Waals surface area (Å²) in [6.07, 6.45) is 4.70. The van der Waals surface area contributed by atoms with Gasteiger partial charge in [0.15, 0.2) is 5.54 Å². The van der Waals surface area contributed by atoms with Gasteiger partial charge in [-0.25, -0.2) is 4.79 Å². The van der Waals surface area contributed by atoms with Gasteiger partial charge in [0, 0.05) is 37.7 Å². The normalized spacial score (nSPS) is 13.5. The van der Waals surface area contributed by atoms with Gasteiger partial charge in [-0.3, -0.25) is 4.99 Å². The topological polar surface area (TPSA) is 57.1 Å². The summed E-state index contributed by atoms with van der Waals surface area (Å²) in [5, 5.41) is 0. The molecule has 1 atom stereocenters. The fraction of sp³-hybridized carbons (Fsp3) is 0.429. The molecule has 2 aromatic carbocycles. The molecule has 0 aliphatic heterocycles. The second-order valence-electron chi connectivity index (χ2n) is 8.85. The Labute approximate surface area is 198 Å². The molecule has 1 unspecified atom stereocenters. The minimum atomic E-state index is -1.13. The summed E-state index contributed by atoms with van der Waals surface area (Å²) in [6, 6.07) is 19.9. The van der Waals surface area contributed by atoms with Crippen LogP contribution in [0.1, 0.15) is 51.7 Å². The third kappa shape index (κ3) is 8.60. The summed E-state index contributed by atoms with van der Waals surface area (Å²) in [5.74, 6) is -0.354. The number of hydrogen-bond donors (Lipinski definition) is 0. The van der Waals surface area contributed by atoms with Gasteiger partial charge in [0.2, 0.25) is 0 Å². The molecular formula is C28H37NO4. The first-order valence-corrected chi connectivity index (χ1v) is 11.4. The summed E-state index contributed by atoms with van der Waals surface area (Å²) < 4.78 is 16.7. The van der Waals surface area contributed by atoms with Crippen molar-refractivity contribution in [1.29, 1.82) is 0 Å². The smallest absolute Gasteiger partial charge is 0.334 e. The van der Waals surface area contributed by atoms with E-state index in [4.69, 9.17) is 19.2 Å². The van der Waals surface area contributed by atoms with Crippen LogP contribution in [0.2, 0.25) is 0 Å². The number of nitrogens with zero attached hydrogens (tertiary/aromatic N) is 1. The Morgan fingerprint density at radius 2 is 1.48 bits per heavy atom.